The van der Waals surface area contributed by atoms with Crippen molar-refractivity contribution in [1.29, 1.82) is 0 Å². The smallest absolute Gasteiger partial charge is 0.291 e. The lowest BCUT2D eigenvalue weighted by Crippen LogP contribution is -2.38. The minimum Gasteiger partial charge on any atom is -0.436 e. The van der Waals surface area contributed by atoms with Gasteiger partial charge in [-0.2, -0.15) is 0 Å². The van der Waals surface area contributed by atoms with Crippen LogP contribution in [-0.2, 0) is 0 Å². The van der Waals surface area contributed by atoms with Crippen LogP contribution in [0.25, 0.3) is 0 Å². The number of amides is 1. The van der Waals surface area contributed by atoms with Gasteiger partial charge in [0, 0.05) is 26.1 Å². The molecule has 0 bridgehead atoms. The molecule has 0 aromatic carbocycles. The second-order valence-electron chi connectivity index (χ2n) is 4.32. The number of oxazole rings is 1. The summed E-state index contributed by atoms with van der Waals surface area (Å²) in [6, 6.07) is 0.0684. The van der Waals surface area contributed by atoms with Crippen LogP contribution >= 0.6 is 0 Å². The minimum absolute atomic E-state index is 0.0684. The van der Waals surface area contributed by atoms with Crippen LogP contribution in [0.3, 0.4) is 0 Å². The summed E-state index contributed by atoms with van der Waals surface area (Å²) in [4.78, 5) is 18.0. The monoisotopic (exact) mass is 240 g/mol. The molecular formula is C12H20N2O3. The number of aliphatic hydroxyl groups excluding tert-OH is 1. The molecule has 0 aliphatic rings. The van der Waals surface area contributed by atoms with Crippen molar-refractivity contribution in [1.82, 2.24) is 9.88 Å². The second-order valence-corrected chi connectivity index (χ2v) is 4.32. The fraction of sp³-hybridized carbons (Fsp3) is 0.667. The number of hydrogen-bond donors (Lipinski definition) is 1. The summed E-state index contributed by atoms with van der Waals surface area (Å²) < 4.78 is 5.32. The number of aliphatic hydroxyl groups is 1. The van der Waals surface area contributed by atoms with Gasteiger partial charge in [-0.15, -0.1) is 0 Å². The quantitative estimate of drug-likeness (QED) is 0.847. The van der Waals surface area contributed by atoms with E-state index in [9.17, 15) is 4.79 Å². The van der Waals surface area contributed by atoms with Gasteiger partial charge in [-0.25, -0.2) is 4.98 Å². The van der Waals surface area contributed by atoms with Crippen LogP contribution in [0, 0.1) is 13.8 Å². The highest BCUT2D eigenvalue weighted by Gasteiger charge is 2.24. The van der Waals surface area contributed by atoms with Crippen LogP contribution in [0.2, 0.25) is 0 Å². The van der Waals surface area contributed by atoms with Gasteiger partial charge < -0.3 is 14.4 Å². The number of aromatic nitrogens is 1. The molecule has 0 radical (unpaired) electrons. The molecular weight excluding hydrogens is 220 g/mol. The normalized spacial score (nSPS) is 10.9. The predicted octanol–water partition coefficient (Wildman–Crippen LogP) is 1.52. The Hall–Kier alpha value is -1.36. The average molecular weight is 240 g/mol. The molecule has 1 N–H and O–H groups in total. The molecule has 0 fully saturated rings. The lowest BCUT2D eigenvalue weighted by atomic mass is 10.2. The van der Waals surface area contributed by atoms with E-state index in [1.165, 1.54) is 0 Å². The van der Waals surface area contributed by atoms with Crippen molar-refractivity contribution in [2.24, 2.45) is 0 Å². The van der Waals surface area contributed by atoms with Crippen LogP contribution in [-0.4, -0.2) is 40.1 Å². The third-order valence-corrected chi connectivity index (χ3v) is 2.54. The van der Waals surface area contributed by atoms with E-state index in [4.69, 9.17) is 9.52 Å². The number of nitrogens with zero attached hydrogens (tertiary/aromatic N) is 2. The third-order valence-electron chi connectivity index (χ3n) is 2.54. The Morgan fingerprint density at radius 3 is 2.53 bits per heavy atom. The van der Waals surface area contributed by atoms with Crippen LogP contribution in [0.1, 0.15) is 42.4 Å². The fourth-order valence-corrected chi connectivity index (χ4v) is 1.70. The standard InChI is InChI=1S/C12H20N2O3/c1-8(2)14(6-5-7-15)12(16)11-9(3)13-10(4)17-11/h8,15H,5-7H2,1-4H3. The van der Waals surface area contributed by atoms with E-state index in [0.717, 1.165) is 0 Å². The Bertz CT molecular complexity index is 385. The van der Waals surface area contributed by atoms with Crippen LogP contribution in [0.15, 0.2) is 4.42 Å². The summed E-state index contributed by atoms with van der Waals surface area (Å²) in [5.74, 6) is 0.636. The molecule has 0 saturated carbocycles. The second kappa shape index (κ2) is 5.82. The van der Waals surface area contributed by atoms with Gasteiger partial charge in [0.15, 0.2) is 5.89 Å². The maximum atomic E-state index is 12.2. The molecule has 96 valence electrons. The minimum atomic E-state index is -0.161. The first kappa shape index (κ1) is 13.7. The van der Waals surface area contributed by atoms with Crippen molar-refractivity contribution in [2.45, 2.75) is 40.2 Å². The van der Waals surface area contributed by atoms with Gasteiger partial charge in [0.25, 0.3) is 5.91 Å². The molecule has 0 unspecified atom stereocenters. The van der Waals surface area contributed by atoms with Crippen molar-refractivity contribution in [3.8, 4) is 0 Å². The highest BCUT2D eigenvalue weighted by molar-refractivity contribution is 5.92. The maximum absolute atomic E-state index is 12.2. The summed E-state index contributed by atoms with van der Waals surface area (Å²) >= 11 is 0. The third kappa shape index (κ3) is 3.30. The molecule has 0 spiro atoms. The van der Waals surface area contributed by atoms with Gasteiger partial charge in [-0.1, -0.05) is 0 Å². The summed E-state index contributed by atoms with van der Waals surface area (Å²) in [5, 5.41) is 8.83. The van der Waals surface area contributed by atoms with E-state index in [0.29, 0.717) is 30.3 Å². The van der Waals surface area contributed by atoms with Crippen LogP contribution < -0.4 is 0 Å². The number of hydrogen-bond acceptors (Lipinski definition) is 4. The Kier molecular flexibility index (Phi) is 4.69. The SMILES string of the molecule is Cc1nc(C)c(C(=O)N(CCCO)C(C)C)o1. The fourth-order valence-electron chi connectivity index (χ4n) is 1.70. The first-order chi connectivity index (χ1) is 7.97. The molecule has 0 aliphatic carbocycles. The topological polar surface area (TPSA) is 66.6 Å². The van der Waals surface area contributed by atoms with E-state index >= 15 is 0 Å². The van der Waals surface area contributed by atoms with E-state index in [1.54, 1.807) is 18.7 Å². The van der Waals surface area contributed by atoms with Crippen molar-refractivity contribution in [2.75, 3.05) is 13.2 Å². The van der Waals surface area contributed by atoms with E-state index in [2.05, 4.69) is 4.98 Å². The molecule has 1 heterocycles. The van der Waals surface area contributed by atoms with E-state index in [1.807, 2.05) is 13.8 Å². The molecule has 0 aliphatic heterocycles. The number of aryl methyl sites for hydroxylation is 2. The molecule has 17 heavy (non-hydrogen) atoms. The molecule has 1 amide bonds. The molecule has 1 rings (SSSR count). The molecule has 1 aromatic heterocycles. The zero-order chi connectivity index (χ0) is 13.0. The number of carbonyl (C=O) groups is 1. The van der Waals surface area contributed by atoms with Gasteiger partial charge >= 0.3 is 0 Å². The van der Waals surface area contributed by atoms with Crippen molar-refractivity contribution in [3.05, 3.63) is 17.3 Å². The van der Waals surface area contributed by atoms with Gasteiger partial charge in [-0.05, 0) is 27.2 Å². The summed E-state index contributed by atoms with van der Waals surface area (Å²) in [6.07, 6.45) is 0.566. The van der Waals surface area contributed by atoms with Crippen molar-refractivity contribution < 1.29 is 14.3 Å². The number of carbonyl (C=O) groups excluding carboxylic acids is 1. The van der Waals surface area contributed by atoms with Crippen LogP contribution in [0.5, 0.6) is 0 Å². The maximum Gasteiger partial charge on any atom is 0.291 e. The predicted molar refractivity (Wildman–Crippen MR) is 63.9 cm³/mol. The first-order valence-corrected chi connectivity index (χ1v) is 5.83. The molecule has 5 heteroatoms. The Morgan fingerprint density at radius 1 is 1.47 bits per heavy atom. The van der Waals surface area contributed by atoms with Gasteiger partial charge in [-0.3, -0.25) is 4.79 Å². The average Bonchev–Trinajstić information content (AvgIpc) is 2.57. The lowest BCUT2D eigenvalue weighted by molar-refractivity contribution is 0.0658. The van der Waals surface area contributed by atoms with Gasteiger partial charge in [0.05, 0.1) is 5.69 Å². The lowest BCUT2D eigenvalue weighted by Gasteiger charge is -2.25. The molecule has 0 atom stereocenters. The largest absolute Gasteiger partial charge is 0.436 e. The van der Waals surface area contributed by atoms with Crippen molar-refractivity contribution >= 4 is 5.91 Å². The zero-order valence-corrected chi connectivity index (χ0v) is 10.9. The summed E-state index contributed by atoms with van der Waals surface area (Å²) in [5.41, 5.74) is 0.613. The Labute approximate surface area is 101 Å². The van der Waals surface area contributed by atoms with Gasteiger partial charge in [0.2, 0.25) is 5.76 Å². The molecule has 5 nitrogen and oxygen atoms in total. The molecule has 1 aromatic rings. The van der Waals surface area contributed by atoms with E-state index in [-0.39, 0.29) is 18.6 Å². The van der Waals surface area contributed by atoms with Gasteiger partial charge in [0.1, 0.15) is 0 Å². The summed E-state index contributed by atoms with van der Waals surface area (Å²) in [7, 11) is 0. The Balaban J connectivity index is 2.87. The van der Waals surface area contributed by atoms with Crippen molar-refractivity contribution in [3.63, 3.8) is 0 Å². The van der Waals surface area contributed by atoms with Crippen LogP contribution in [0.4, 0.5) is 0 Å². The summed E-state index contributed by atoms with van der Waals surface area (Å²) in [6.45, 7) is 7.95. The first-order valence-electron chi connectivity index (χ1n) is 5.83. The number of rotatable bonds is 5. The molecule has 0 saturated heterocycles. The Morgan fingerprint density at radius 2 is 2.12 bits per heavy atom. The highest BCUT2D eigenvalue weighted by Crippen LogP contribution is 2.14. The van der Waals surface area contributed by atoms with E-state index < -0.39 is 0 Å². The zero-order valence-electron chi connectivity index (χ0n) is 10.9. The highest BCUT2D eigenvalue weighted by atomic mass is 16.4.